The zero-order valence-electron chi connectivity index (χ0n) is 7.54. The molecule has 0 saturated carbocycles. The molecule has 1 heterocycles. The van der Waals surface area contributed by atoms with Crippen molar-refractivity contribution < 1.29 is 0 Å². The van der Waals surface area contributed by atoms with E-state index in [1.54, 1.807) is 4.68 Å². The van der Waals surface area contributed by atoms with Crippen LogP contribution in [0.15, 0.2) is 6.20 Å². The Morgan fingerprint density at radius 3 is 3.00 bits per heavy atom. The molecule has 0 N–H and O–H groups in total. The topological polar surface area (TPSA) is 41.6 Å². The van der Waals surface area contributed by atoms with Crippen molar-refractivity contribution in [2.24, 2.45) is 7.05 Å². The summed E-state index contributed by atoms with van der Waals surface area (Å²) < 4.78 is 1.78. The van der Waals surface area contributed by atoms with Crippen molar-refractivity contribution in [1.29, 1.82) is 5.26 Å². The Kier molecular flexibility index (Phi) is 2.87. The Bertz CT molecular complexity index is 293. The third-order valence-corrected chi connectivity index (χ3v) is 1.75. The summed E-state index contributed by atoms with van der Waals surface area (Å²) in [6, 6.07) is 2.14. The van der Waals surface area contributed by atoms with Gasteiger partial charge in [-0.3, -0.25) is 4.68 Å². The predicted octanol–water partition coefficient (Wildman–Crippen LogP) is 1.44. The van der Waals surface area contributed by atoms with E-state index in [-0.39, 0.29) is 0 Å². The highest BCUT2D eigenvalue weighted by molar-refractivity contribution is 5.20. The smallest absolute Gasteiger partial charge is 0.0671 e. The van der Waals surface area contributed by atoms with E-state index < -0.39 is 0 Å². The van der Waals surface area contributed by atoms with Gasteiger partial charge in [-0.25, -0.2) is 0 Å². The van der Waals surface area contributed by atoms with Gasteiger partial charge in [-0.2, -0.15) is 10.4 Å². The lowest BCUT2D eigenvalue weighted by molar-refractivity contribution is 0.733. The summed E-state index contributed by atoms with van der Waals surface area (Å²) in [5.74, 6) is 0. The van der Waals surface area contributed by atoms with Crippen LogP contribution in [0.1, 0.15) is 24.6 Å². The number of aryl methyl sites for hydroxylation is 2. The van der Waals surface area contributed by atoms with Gasteiger partial charge in [0.15, 0.2) is 0 Å². The predicted molar refractivity (Wildman–Crippen MR) is 46.5 cm³/mol. The van der Waals surface area contributed by atoms with Crippen molar-refractivity contribution in [2.75, 3.05) is 0 Å². The quantitative estimate of drug-likeness (QED) is 0.676. The van der Waals surface area contributed by atoms with Gasteiger partial charge in [0, 0.05) is 18.8 Å². The summed E-state index contributed by atoms with van der Waals surface area (Å²) in [6.07, 6.45) is 4.45. The molecular formula is C9H13N3. The molecule has 0 bridgehead atoms. The molecule has 0 aliphatic rings. The molecule has 0 radical (unpaired) electrons. The van der Waals surface area contributed by atoms with Crippen molar-refractivity contribution in [3.63, 3.8) is 0 Å². The van der Waals surface area contributed by atoms with E-state index in [0.717, 1.165) is 24.1 Å². The first kappa shape index (κ1) is 8.79. The molecule has 3 nitrogen and oxygen atoms in total. The van der Waals surface area contributed by atoms with Crippen LogP contribution in [-0.2, 0) is 19.9 Å². The first-order chi connectivity index (χ1) is 5.77. The molecule has 3 heteroatoms. The second-order valence-electron chi connectivity index (χ2n) is 2.86. The molecule has 12 heavy (non-hydrogen) atoms. The summed E-state index contributed by atoms with van der Waals surface area (Å²) >= 11 is 0. The minimum atomic E-state index is 0.475. The van der Waals surface area contributed by atoms with Crippen molar-refractivity contribution in [3.05, 3.63) is 17.5 Å². The zero-order valence-corrected chi connectivity index (χ0v) is 7.54. The Hall–Kier alpha value is -1.30. The van der Waals surface area contributed by atoms with Gasteiger partial charge < -0.3 is 0 Å². The molecule has 1 aromatic heterocycles. The number of aromatic nitrogens is 2. The van der Waals surface area contributed by atoms with Gasteiger partial charge in [-0.1, -0.05) is 13.3 Å². The fraction of sp³-hybridized carbons (Fsp3) is 0.556. The summed E-state index contributed by atoms with van der Waals surface area (Å²) in [5.41, 5.74) is 2.14. The molecule has 0 atom stereocenters. The SMILES string of the molecule is CCCc1nn(C)cc1CC#N. The first-order valence-corrected chi connectivity index (χ1v) is 4.16. The molecule has 0 spiro atoms. The average Bonchev–Trinajstić information content (AvgIpc) is 2.33. The molecule has 0 aliphatic carbocycles. The Morgan fingerprint density at radius 2 is 2.42 bits per heavy atom. The molecule has 0 aliphatic heterocycles. The standard InChI is InChI=1S/C9H13N3/c1-3-4-9-8(5-6-10)7-12(2)11-9/h7H,3-5H2,1-2H3. The third kappa shape index (κ3) is 1.85. The van der Waals surface area contributed by atoms with Gasteiger partial charge in [-0.05, 0) is 6.42 Å². The number of hydrogen-bond donors (Lipinski definition) is 0. The van der Waals surface area contributed by atoms with E-state index in [1.165, 1.54) is 0 Å². The Balaban J connectivity index is 2.85. The minimum absolute atomic E-state index is 0.475. The van der Waals surface area contributed by atoms with Gasteiger partial charge >= 0.3 is 0 Å². The maximum atomic E-state index is 8.53. The van der Waals surface area contributed by atoms with Crippen LogP contribution in [0, 0.1) is 11.3 Å². The number of nitriles is 1. The molecular weight excluding hydrogens is 150 g/mol. The van der Waals surface area contributed by atoms with Crippen LogP contribution >= 0.6 is 0 Å². The van der Waals surface area contributed by atoms with Gasteiger partial charge in [-0.15, -0.1) is 0 Å². The van der Waals surface area contributed by atoms with Crippen molar-refractivity contribution in [1.82, 2.24) is 9.78 Å². The molecule has 1 rings (SSSR count). The summed E-state index contributed by atoms with van der Waals surface area (Å²) in [5, 5.41) is 12.8. The van der Waals surface area contributed by atoms with E-state index in [0.29, 0.717) is 6.42 Å². The molecule has 64 valence electrons. The molecule has 0 fully saturated rings. The van der Waals surface area contributed by atoms with Crippen LogP contribution < -0.4 is 0 Å². The van der Waals surface area contributed by atoms with Gasteiger partial charge in [0.25, 0.3) is 0 Å². The van der Waals surface area contributed by atoms with Crippen molar-refractivity contribution in [3.8, 4) is 6.07 Å². The lowest BCUT2D eigenvalue weighted by atomic mass is 10.1. The summed E-state index contributed by atoms with van der Waals surface area (Å²) in [7, 11) is 1.89. The number of hydrogen-bond acceptors (Lipinski definition) is 2. The second-order valence-corrected chi connectivity index (χ2v) is 2.86. The van der Waals surface area contributed by atoms with Gasteiger partial charge in [0.1, 0.15) is 0 Å². The van der Waals surface area contributed by atoms with E-state index >= 15 is 0 Å². The largest absolute Gasteiger partial charge is 0.275 e. The Morgan fingerprint density at radius 1 is 1.67 bits per heavy atom. The van der Waals surface area contributed by atoms with Crippen molar-refractivity contribution >= 4 is 0 Å². The normalized spacial score (nSPS) is 9.75. The van der Waals surface area contributed by atoms with E-state index in [1.807, 2.05) is 13.2 Å². The fourth-order valence-electron chi connectivity index (χ4n) is 1.26. The fourth-order valence-corrected chi connectivity index (χ4v) is 1.26. The highest BCUT2D eigenvalue weighted by atomic mass is 15.2. The first-order valence-electron chi connectivity index (χ1n) is 4.16. The molecule has 1 aromatic rings. The number of nitrogens with zero attached hydrogens (tertiary/aromatic N) is 3. The van der Waals surface area contributed by atoms with E-state index in [4.69, 9.17) is 5.26 Å². The highest BCUT2D eigenvalue weighted by Gasteiger charge is 2.05. The molecule has 0 aromatic carbocycles. The van der Waals surface area contributed by atoms with E-state index in [9.17, 15) is 0 Å². The number of rotatable bonds is 3. The van der Waals surface area contributed by atoms with Crippen molar-refractivity contribution in [2.45, 2.75) is 26.2 Å². The summed E-state index contributed by atoms with van der Waals surface area (Å²) in [4.78, 5) is 0. The van der Waals surface area contributed by atoms with Crippen LogP contribution in [0.5, 0.6) is 0 Å². The van der Waals surface area contributed by atoms with E-state index in [2.05, 4.69) is 18.1 Å². The third-order valence-electron chi connectivity index (χ3n) is 1.75. The van der Waals surface area contributed by atoms with Crippen LogP contribution in [0.3, 0.4) is 0 Å². The maximum absolute atomic E-state index is 8.53. The average molecular weight is 163 g/mol. The van der Waals surface area contributed by atoms with Gasteiger partial charge in [0.05, 0.1) is 18.2 Å². The lowest BCUT2D eigenvalue weighted by Crippen LogP contribution is -1.91. The summed E-state index contributed by atoms with van der Waals surface area (Å²) in [6.45, 7) is 2.12. The highest BCUT2D eigenvalue weighted by Crippen LogP contribution is 2.08. The van der Waals surface area contributed by atoms with Gasteiger partial charge in [0.2, 0.25) is 0 Å². The molecule has 0 saturated heterocycles. The lowest BCUT2D eigenvalue weighted by Gasteiger charge is -1.93. The molecule has 0 amide bonds. The van der Waals surface area contributed by atoms with Crippen LogP contribution in [0.25, 0.3) is 0 Å². The monoisotopic (exact) mass is 163 g/mol. The van der Waals surface area contributed by atoms with Crippen LogP contribution in [-0.4, -0.2) is 9.78 Å². The Labute approximate surface area is 72.6 Å². The minimum Gasteiger partial charge on any atom is -0.275 e. The van der Waals surface area contributed by atoms with Crippen LogP contribution in [0.2, 0.25) is 0 Å². The van der Waals surface area contributed by atoms with Crippen LogP contribution in [0.4, 0.5) is 0 Å². The maximum Gasteiger partial charge on any atom is 0.0671 e. The second kappa shape index (κ2) is 3.91. The zero-order chi connectivity index (χ0) is 8.97. The molecule has 0 unspecified atom stereocenters.